The molecule has 124 valence electrons. The number of ether oxygens (including phenoxy) is 1. The Labute approximate surface area is 141 Å². The molecule has 0 unspecified atom stereocenters. The summed E-state index contributed by atoms with van der Waals surface area (Å²) < 4.78 is 8.44. The Balaban J connectivity index is 1.44. The monoisotopic (exact) mass is 322 g/mol. The molecule has 24 heavy (non-hydrogen) atoms. The predicted octanol–water partition coefficient (Wildman–Crippen LogP) is 3.32. The summed E-state index contributed by atoms with van der Waals surface area (Å²) in [5.74, 6) is 2.83. The molecular weight excluding hydrogens is 300 g/mol. The van der Waals surface area contributed by atoms with E-state index in [0.717, 1.165) is 43.3 Å². The van der Waals surface area contributed by atoms with E-state index in [1.807, 2.05) is 19.2 Å². The van der Waals surface area contributed by atoms with Crippen LogP contribution in [-0.2, 0) is 7.05 Å². The van der Waals surface area contributed by atoms with Crippen molar-refractivity contribution < 1.29 is 4.74 Å². The van der Waals surface area contributed by atoms with Crippen LogP contribution in [0.5, 0.6) is 5.75 Å². The van der Waals surface area contributed by atoms with E-state index in [1.54, 1.807) is 0 Å². The molecule has 0 saturated carbocycles. The van der Waals surface area contributed by atoms with E-state index >= 15 is 0 Å². The predicted molar refractivity (Wildman–Crippen MR) is 95.6 cm³/mol. The van der Waals surface area contributed by atoms with Crippen LogP contribution in [0.25, 0.3) is 10.9 Å². The molecule has 0 bridgehead atoms. The zero-order valence-electron chi connectivity index (χ0n) is 14.1. The second kappa shape index (κ2) is 6.15. The minimum atomic E-state index is 0.259. The summed E-state index contributed by atoms with van der Waals surface area (Å²) in [6, 6.07) is 10.4. The van der Waals surface area contributed by atoms with Gasteiger partial charge in [0, 0.05) is 50.8 Å². The van der Waals surface area contributed by atoms with Crippen molar-refractivity contribution in [2.75, 3.05) is 18.0 Å². The minimum Gasteiger partial charge on any atom is -0.490 e. The number of anilines is 1. The third-order valence-corrected chi connectivity index (χ3v) is 4.71. The molecule has 5 heteroatoms. The van der Waals surface area contributed by atoms with Gasteiger partial charge in [0.1, 0.15) is 23.5 Å². The third kappa shape index (κ3) is 2.82. The van der Waals surface area contributed by atoms with Gasteiger partial charge in [-0.3, -0.25) is 0 Å². The molecule has 2 aromatic heterocycles. The van der Waals surface area contributed by atoms with E-state index in [4.69, 9.17) is 4.74 Å². The normalized spacial score (nSPS) is 15.8. The number of aryl methyl sites for hydroxylation is 2. The quantitative estimate of drug-likeness (QED) is 0.742. The van der Waals surface area contributed by atoms with Crippen molar-refractivity contribution in [1.82, 2.24) is 14.5 Å². The largest absolute Gasteiger partial charge is 0.490 e. The smallest absolute Gasteiger partial charge is 0.132 e. The molecule has 0 spiro atoms. The Kier molecular flexibility index (Phi) is 3.84. The molecule has 3 aromatic rings. The van der Waals surface area contributed by atoms with Crippen molar-refractivity contribution >= 4 is 16.7 Å². The maximum atomic E-state index is 6.32. The third-order valence-electron chi connectivity index (χ3n) is 4.71. The lowest BCUT2D eigenvalue weighted by Gasteiger charge is -2.33. The summed E-state index contributed by atoms with van der Waals surface area (Å²) >= 11 is 0. The highest BCUT2D eigenvalue weighted by Crippen LogP contribution is 2.29. The van der Waals surface area contributed by atoms with E-state index in [9.17, 15) is 0 Å². The summed E-state index contributed by atoms with van der Waals surface area (Å²) in [6.45, 7) is 3.86. The van der Waals surface area contributed by atoms with Gasteiger partial charge in [0.05, 0.1) is 5.52 Å². The van der Waals surface area contributed by atoms with Crippen LogP contribution in [-0.4, -0.2) is 33.7 Å². The van der Waals surface area contributed by atoms with Crippen LogP contribution in [0.15, 0.2) is 42.7 Å². The topological polar surface area (TPSA) is 43.2 Å². The van der Waals surface area contributed by atoms with Gasteiger partial charge in [-0.25, -0.2) is 9.97 Å². The second-order valence-electron chi connectivity index (χ2n) is 6.38. The van der Waals surface area contributed by atoms with E-state index in [0.29, 0.717) is 0 Å². The highest BCUT2D eigenvalue weighted by molar-refractivity contribution is 5.86. The molecule has 1 aromatic carbocycles. The molecule has 4 rings (SSSR count). The lowest BCUT2D eigenvalue weighted by atomic mass is 10.1. The summed E-state index contributed by atoms with van der Waals surface area (Å²) in [4.78, 5) is 11.0. The lowest BCUT2D eigenvalue weighted by Crippen LogP contribution is -2.38. The Morgan fingerprint density at radius 2 is 1.96 bits per heavy atom. The first-order valence-corrected chi connectivity index (χ1v) is 8.46. The van der Waals surface area contributed by atoms with Gasteiger partial charge in [0.25, 0.3) is 0 Å². The van der Waals surface area contributed by atoms with Crippen molar-refractivity contribution in [3.05, 3.63) is 48.5 Å². The number of aromatic nitrogens is 3. The van der Waals surface area contributed by atoms with E-state index < -0.39 is 0 Å². The minimum absolute atomic E-state index is 0.259. The lowest BCUT2D eigenvalue weighted by molar-refractivity contribution is 0.173. The number of rotatable bonds is 3. The van der Waals surface area contributed by atoms with Gasteiger partial charge in [-0.1, -0.05) is 6.07 Å². The van der Waals surface area contributed by atoms with Crippen molar-refractivity contribution in [3.8, 4) is 5.75 Å². The van der Waals surface area contributed by atoms with E-state index in [-0.39, 0.29) is 6.10 Å². The Morgan fingerprint density at radius 1 is 1.12 bits per heavy atom. The van der Waals surface area contributed by atoms with Crippen LogP contribution >= 0.6 is 0 Å². The molecule has 0 aliphatic carbocycles. The maximum absolute atomic E-state index is 6.32. The van der Waals surface area contributed by atoms with Gasteiger partial charge in [-0.15, -0.1) is 0 Å². The van der Waals surface area contributed by atoms with Crippen LogP contribution in [0.3, 0.4) is 0 Å². The van der Waals surface area contributed by atoms with Crippen LogP contribution in [0, 0.1) is 6.92 Å². The summed E-state index contributed by atoms with van der Waals surface area (Å²) in [6.07, 6.45) is 6.18. The molecule has 3 heterocycles. The SMILES string of the molecule is Cc1nccc(N2CCC(Oc3cccc4c3ccn4C)CC2)n1. The van der Waals surface area contributed by atoms with Crippen molar-refractivity contribution in [1.29, 1.82) is 0 Å². The average molecular weight is 322 g/mol. The number of benzene rings is 1. The molecule has 1 saturated heterocycles. The van der Waals surface area contributed by atoms with Gasteiger partial charge < -0.3 is 14.2 Å². The highest BCUT2D eigenvalue weighted by atomic mass is 16.5. The number of piperidine rings is 1. The molecule has 1 aliphatic heterocycles. The zero-order valence-corrected chi connectivity index (χ0v) is 14.1. The summed E-state index contributed by atoms with van der Waals surface area (Å²) in [5, 5.41) is 1.19. The van der Waals surface area contributed by atoms with Crippen LogP contribution in [0.4, 0.5) is 5.82 Å². The summed E-state index contributed by atoms with van der Waals surface area (Å²) in [7, 11) is 2.06. The van der Waals surface area contributed by atoms with Crippen molar-refractivity contribution in [2.45, 2.75) is 25.9 Å². The second-order valence-corrected chi connectivity index (χ2v) is 6.38. The van der Waals surface area contributed by atoms with Crippen LogP contribution in [0.2, 0.25) is 0 Å². The van der Waals surface area contributed by atoms with Crippen LogP contribution < -0.4 is 9.64 Å². The van der Waals surface area contributed by atoms with Gasteiger partial charge in [0.15, 0.2) is 0 Å². The first-order chi connectivity index (χ1) is 11.7. The first kappa shape index (κ1) is 15.0. The average Bonchev–Trinajstić information content (AvgIpc) is 2.98. The van der Waals surface area contributed by atoms with Gasteiger partial charge in [-0.05, 0) is 31.2 Å². The molecule has 0 atom stereocenters. The molecule has 1 fully saturated rings. The fraction of sp³-hybridized carbons (Fsp3) is 0.368. The molecular formula is C19H22N4O. The number of hydrogen-bond acceptors (Lipinski definition) is 4. The fourth-order valence-corrected chi connectivity index (χ4v) is 3.38. The van der Waals surface area contributed by atoms with Gasteiger partial charge in [0.2, 0.25) is 0 Å². The summed E-state index contributed by atoms with van der Waals surface area (Å²) in [5.41, 5.74) is 1.21. The number of fused-ring (bicyclic) bond motifs is 1. The Bertz CT molecular complexity index is 849. The molecule has 0 N–H and O–H groups in total. The van der Waals surface area contributed by atoms with Crippen molar-refractivity contribution in [2.24, 2.45) is 7.05 Å². The molecule has 0 radical (unpaired) electrons. The van der Waals surface area contributed by atoms with Crippen molar-refractivity contribution in [3.63, 3.8) is 0 Å². The van der Waals surface area contributed by atoms with Gasteiger partial charge >= 0.3 is 0 Å². The number of nitrogens with zero attached hydrogens (tertiary/aromatic N) is 4. The fourth-order valence-electron chi connectivity index (χ4n) is 3.38. The number of hydrogen-bond donors (Lipinski definition) is 0. The van der Waals surface area contributed by atoms with E-state index in [2.05, 4.69) is 56.9 Å². The zero-order chi connectivity index (χ0) is 16.5. The molecule has 5 nitrogen and oxygen atoms in total. The van der Waals surface area contributed by atoms with Gasteiger partial charge in [-0.2, -0.15) is 0 Å². The first-order valence-electron chi connectivity index (χ1n) is 8.46. The van der Waals surface area contributed by atoms with E-state index in [1.165, 1.54) is 10.9 Å². The van der Waals surface area contributed by atoms with Crippen LogP contribution in [0.1, 0.15) is 18.7 Å². The molecule has 1 aliphatic rings. The Hall–Kier alpha value is -2.56. The molecule has 0 amide bonds. The standard InChI is InChI=1S/C19H22N4O/c1-14-20-10-6-19(21-14)23-12-7-15(8-13-23)24-18-5-3-4-17-16(18)9-11-22(17)2/h3-6,9-11,15H,7-8,12-13H2,1-2H3. The Morgan fingerprint density at radius 3 is 2.75 bits per heavy atom. The maximum Gasteiger partial charge on any atom is 0.132 e. The highest BCUT2D eigenvalue weighted by Gasteiger charge is 2.22.